The van der Waals surface area contributed by atoms with Crippen molar-refractivity contribution < 1.29 is 4.74 Å². The first kappa shape index (κ1) is 8.48. The second kappa shape index (κ2) is 3.32. The van der Waals surface area contributed by atoms with Gasteiger partial charge in [0.25, 0.3) is 0 Å². The van der Waals surface area contributed by atoms with E-state index < -0.39 is 0 Å². The van der Waals surface area contributed by atoms with Gasteiger partial charge in [-0.05, 0) is 13.8 Å². The normalized spacial score (nSPS) is 39.5. The zero-order valence-corrected chi connectivity index (χ0v) is 7.92. The van der Waals surface area contributed by atoms with Crippen LogP contribution in [0.15, 0.2) is 0 Å². The van der Waals surface area contributed by atoms with Gasteiger partial charge in [-0.1, -0.05) is 0 Å². The number of rotatable bonds is 1. The fourth-order valence-electron chi connectivity index (χ4n) is 2.05. The molecule has 0 aromatic rings. The molecule has 3 nitrogen and oxygen atoms in total. The van der Waals surface area contributed by atoms with Crippen LogP contribution in [0.3, 0.4) is 0 Å². The molecule has 2 saturated heterocycles. The summed E-state index contributed by atoms with van der Waals surface area (Å²) in [5.74, 6) is 0. The number of morpholine rings is 1. The van der Waals surface area contributed by atoms with Crippen LogP contribution in [0.4, 0.5) is 0 Å². The lowest BCUT2D eigenvalue weighted by molar-refractivity contribution is -0.0857. The Morgan fingerprint density at radius 1 is 1.17 bits per heavy atom. The van der Waals surface area contributed by atoms with Crippen LogP contribution in [0.1, 0.15) is 13.8 Å². The van der Waals surface area contributed by atoms with Gasteiger partial charge in [0.1, 0.15) is 0 Å². The van der Waals surface area contributed by atoms with Crippen LogP contribution < -0.4 is 5.32 Å². The summed E-state index contributed by atoms with van der Waals surface area (Å²) in [6.45, 7) is 8.87. The van der Waals surface area contributed by atoms with Gasteiger partial charge in [0.15, 0.2) is 0 Å². The minimum atomic E-state index is 0.411. The van der Waals surface area contributed by atoms with E-state index in [1.807, 2.05) is 0 Å². The highest BCUT2D eigenvalue weighted by molar-refractivity contribution is 4.88. The molecule has 0 spiro atoms. The van der Waals surface area contributed by atoms with Gasteiger partial charge in [0.2, 0.25) is 0 Å². The lowest BCUT2D eigenvalue weighted by atomic mass is 10.1. The highest BCUT2D eigenvalue weighted by atomic mass is 16.5. The molecule has 2 rings (SSSR count). The van der Waals surface area contributed by atoms with Crippen molar-refractivity contribution in [2.24, 2.45) is 0 Å². The second-order valence-corrected chi connectivity index (χ2v) is 4.02. The molecule has 0 aromatic carbocycles. The second-order valence-electron chi connectivity index (χ2n) is 4.02. The molecule has 0 saturated carbocycles. The monoisotopic (exact) mass is 170 g/mol. The van der Waals surface area contributed by atoms with Gasteiger partial charge < -0.3 is 10.1 Å². The summed E-state index contributed by atoms with van der Waals surface area (Å²) in [7, 11) is 0. The number of nitrogens with one attached hydrogen (secondary N) is 1. The van der Waals surface area contributed by atoms with E-state index in [0.29, 0.717) is 12.2 Å². The standard InChI is InChI=1S/C9H18N2O/c1-7-5-11(6-8(2)12-7)9-3-10-4-9/h7-10H,3-6H2,1-2H3. The fraction of sp³-hybridized carbons (Fsp3) is 1.00. The SMILES string of the molecule is CC1CN(C2CNC2)CC(C)O1. The first-order valence-corrected chi connectivity index (χ1v) is 4.86. The molecule has 0 aromatic heterocycles. The Morgan fingerprint density at radius 2 is 1.75 bits per heavy atom. The molecule has 2 aliphatic heterocycles. The van der Waals surface area contributed by atoms with E-state index >= 15 is 0 Å². The molecule has 0 aliphatic carbocycles. The number of hydrogen-bond donors (Lipinski definition) is 1. The zero-order chi connectivity index (χ0) is 8.55. The Labute approximate surface area is 74.1 Å². The molecule has 2 aliphatic rings. The van der Waals surface area contributed by atoms with Crippen LogP contribution in [-0.2, 0) is 4.74 Å². The Kier molecular flexibility index (Phi) is 2.35. The van der Waals surface area contributed by atoms with Gasteiger partial charge in [-0.2, -0.15) is 0 Å². The highest BCUT2D eigenvalue weighted by Gasteiger charge is 2.30. The average molecular weight is 170 g/mol. The lowest BCUT2D eigenvalue weighted by Crippen LogP contribution is -2.61. The summed E-state index contributed by atoms with van der Waals surface area (Å²) in [4.78, 5) is 2.55. The summed E-state index contributed by atoms with van der Waals surface area (Å²) in [5, 5.41) is 3.31. The topological polar surface area (TPSA) is 24.5 Å². The van der Waals surface area contributed by atoms with Crippen LogP contribution in [0.25, 0.3) is 0 Å². The molecule has 3 heteroatoms. The molecule has 1 N–H and O–H groups in total. The van der Waals surface area contributed by atoms with Crippen molar-refractivity contribution >= 4 is 0 Å². The van der Waals surface area contributed by atoms with Crippen molar-refractivity contribution in [2.45, 2.75) is 32.1 Å². The Bertz CT molecular complexity index is 149. The molecule has 70 valence electrons. The van der Waals surface area contributed by atoms with E-state index in [4.69, 9.17) is 4.74 Å². The van der Waals surface area contributed by atoms with Crippen LogP contribution in [0.2, 0.25) is 0 Å². The van der Waals surface area contributed by atoms with E-state index in [-0.39, 0.29) is 0 Å². The molecule has 2 heterocycles. The Morgan fingerprint density at radius 3 is 2.17 bits per heavy atom. The predicted octanol–water partition coefficient (Wildman–Crippen LogP) is 0.0674. The summed E-state index contributed by atoms with van der Waals surface area (Å²) < 4.78 is 5.67. The molecule has 0 bridgehead atoms. The molecule has 12 heavy (non-hydrogen) atoms. The van der Waals surface area contributed by atoms with Gasteiger partial charge in [0, 0.05) is 32.2 Å². The average Bonchev–Trinajstić information content (AvgIpc) is 1.79. The zero-order valence-electron chi connectivity index (χ0n) is 7.92. The maximum absolute atomic E-state index is 5.67. The summed E-state index contributed by atoms with van der Waals surface area (Å²) in [5.41, 5.74) is 0. The minimum absolute atomic E-state index is 0.411. The van der Waals surface area contributed by atoms with Crippen LogP contribution in [0, 0.1) is 0 Å². The lowest BCUT2D eigenvalue weighted by Gasteiger charge is -2.44. The third kappa shape index (κ3) is 1.63. The number of hydrogen-bond acceptors (Lipinski definition) is 3. The van der Waals surface area contributed by atoms with Crippen LogP contribution >= 0.6 is 0 Å². The molecular weight excluding hydrogens is 152 g/mol. The van der Waals surface area contributed by atoms with E-state index in [0.717, 1.165) is 19.1 Å². The van der Waals surface area contributed by atoms with Gasteiger partial charge in [-0.15, -0.1) is 0 Å². The maximum atomic E-state index is 5.67. The Hall–Kier alpha value is -0.120. The highest BCUT2D eigenvalue weighted by Crippen LogP contribution is 2.15. The van der Waals surface area contributed by atoms with E-state index in [2.05, 4.69) is 24.1 Å². The van der Waals surface area contributed by atoms with Crippen molar-refractivity contribution in [2.75, 3.05) is 26.2 Å². The number of nitrogens with zero attached hydrogens (tertiary/aromatic N) is 1. The third-order valence-electron chi connectivity index (χ3n) is 2.72. The van der Waals surface area contributed by atoms with Crippen molar-refractivity contribution in [1.82, 2.24) is 10.2 Å². The molecule has 2 fully saturated rings. The quantitative estimate of drug-likeness (QED) is 0.602. The summed E-state index contributed by atoms with van der Waals surface area (Å²) >= 11 is 0. The van der Waals surface area contributed by atoms with Gasteiger partial charge >= 0.3 is 0 Å². The van der Waals surface area contributed by atoms with Crippen molar-refractivity contribution in [3.63, 3.8) is 0 Å². The predicted molar refractivity (Wildman–Crippen MR) is 48.2 cm³/mol. The first-order chi connectivity index (χ1) is 5.75. The summed E-state index contributed by atoms with van der Waals surface area (Å²) in [6.07, 6.45) is 0.823. The van der Waals surface area contributed by atoms with Crippen molar-refractivity contribution in [3.05, 3.63) is 0 Å². The van der Waals surface area contributed by atoms with Crippen molar-refractivity contribution in [1.29, 1.82) is 0 Å². The van der Waals surface area contributed by atoms with Gasteiger partial charge in [-0.3, -0.25) is 4.90 Å². The molecule has 2 unspecified atom stereocenters. The first-order valence-electron chi connectivity index (χ1n) is 4.86. The van der Waals surface area contributed by atoms with Crippen LogP contribution in [-0.4, -0.2) is 49.3 Å². The van der Waals surface area contributed by atoms with Crippen LogP contribution in [0.5, 0.6) is 0 Å². The smallest absolute Gasteiger partial charge is 0.0678 e. The van der Waals surface area contributed by atoms with E-state index in [9.17, 15) is 0 Å². The molecule has 2 atom stereocenters. The molecule has 0 amide bonds. The summed E-state index contributed by atoms with van der Waals surface area (Å²) in [6, 6.07) is 0.777. The third-order valence-corrected chi connectivity index (χ3v) is 2.72. The van der Waals surface area contributed by atoms with E-state index in [1.165, 1.54) is 13.1 Å². The van der Waals surface area contributed by atoms with E-state index in [1.54, 1.807) is 0 Å². The van der Waals surface area contributed by atoms with Gasteiger partial charge in [0.05, 0.1) is 12.2 Å². The molecule has 0 radical (unpaired) electrons. The number of ether oxygens (including phenoxy) is 1. The largest absolute Gasteiger partial charge is 0.373 e. The fourth-order valence-corrected chi connectivity index (χ4v) is 2.05. The van der Waals surface area contributed by atoms with Crippen molar-refractivity contribution in [3.8, 4) is 0 Å². The Balaban J connectivity index is 1.87. The molecular formula is C9H18N2O. The minimum Gasteiger partial charge on any atom is -0.373 e. The maximum Gasteiger partial charge on any atom is 0.0678 e. The van der Waals surface area contributed by atoms with Gasteiger partial charge in [-0.25, -0.2) is 0 Å².